The van der Waals surface area contributed by atoms with E-state index in [1.54, 1.807) is 0 Å². The minimum Gasteiger partial charge on any atom is -0.468 e. The first kappa shape index (κ1) is 50.3. The van der Waals surface area contributed by atoms with Crippen LogP contribution in [0.15, 0.2) is 132 Å². The summed E-state index contributed by atoms with van der Waals surface area (Å²) in [4.78, 5) is 5.34. The van der Waals surface area contributed by atoms with Gasteiger partial charge in [0.15, 0.2) is 0 Å². The predicted octanol–water partition coefficient (Wildman–Crippen LogP) is 18.5. The second-order valence-corrected chi connectivity index (χ2v) is 29.4. The van der Waals surface area contributed by atoms with Gasteiger partial charge in [0.1, 0.15) is 5.58 Å². The maximum absolute atomic E-state index is 7.80. The summed E-state index contributed by atoms with van der Waals surface area (Å²) in [5.41, 5.74) is 28.3. The van der Waals surface area contributed by atoms with Crippen LogP contribution in [0.25, 0.3) is 33.2 Å². The van der Waals surface area contributed by atoms with Crippen LogP contribution in [0.2, 0.25) is 0 Å². The Bertz CT molecular complexity index is 3760. The van der Waals surface area contributed by atoms with Crippen molar-refractivity contribution in [3.8, 4) is 22.3 Å². The second-order valence-electron chi connectivity index (χ2n) is 29.4. The van der Waals surface area contributed by atoms with Crippen LogP contribution in [0.3, 0.4) is 0 Å². The molecule has 3 nitrogen and oxygen atoms in total. The lowest BCUT2D eigenvalue weighted by molar-refractivity contribution is 0.332. The van der Waals surface area contributed by atoms with E-state index in [1.807, 2.05) is 0 Å². The molecule has 0 radical (unpaired) electrons. The highest BCUT2D eigenvalue weighted by Crippen LogP contribution is 2.56. The van der Waals surface area contributed by atoms with Crippen LogP contribution in [0, 0.1) is 6.92 Å². The van der Waals surface area contributed by atoms with Gasteiger partial charge in [-0.3, -0.25) is 0 Å². The van der Waals surface area contributed by atoms with E-state index in [1.165, 1.54) is 118 Å². The molecule has 3 aliphatic carbocycles. The van der Waals surface area contributed by atoms with E-state index in [2.05, 4.69) is 248 Å². The normalized spacial score (nSPS) is 19.7. The molecule has 1 aromatic heterocycles. The third kappa shape index (κ3) is 7.64. The number of hydrogen-bond acceptors (Lipinski definition) is 3. The molecule has 7 aromatic carbocycles. The van der Waals surface area contributed by atoms with Gasteiger partial charge in [-0.2, -0.15) is 0 Å². The van der Waals surface area contributed by atoms with E-state index in [0.29, 0.717) is 0 Å². The zero-order chi connectivity index (χ0) is 54.3. The van der Waals surface area contributed by atoms with Gasteiger partial charge in [0, 0.05) is 33.8 Å². The third-order valence-electron chi connectivity index (χ3n) is 20.3. The summed E-state index contributed by atoms with van der Waals surface area (Å²) in [7, 11) is 0. The molecule has 5 aliphatic rings. The summed E-state index contributed by atoms with van der Waals surface area (Å²) in [6, 6.07) is 50.7. The van der Waals surface area contributed by atoms with Gasteiger partial charge in [-0.25, -0.2) is 0 Å². The van der Waals surface area contributed by atoms with Crippen molar-refractivity contribution in [2.75, 3.05) is 9.80 Å². The summed E-state index contributed by atoms with van der Waals surface area (Å²) in [6.45, 7) is 38.7. The average molecular weight is 1010 g/mol. The van der Waals surface area contributed by atoms with Crippen molar-refractivity contribution in [2.45, 2.75) is 187 Å². The first-order chi connectivity index (χ1) is 36.2. The van der Waals surface area contributed by atoms with Gasteiger partial charge in [0.2, 0.25) is 0 Å². The number of nitrogens with zero attached hydrogens (tertiary/aromatic N) is 2. The summed E-state index contributed by atoms with van der Waals surface area (Å²) in [5, 5.41) is 1.20. The summed E-state index contributed by atoms with van der Waals surface area (Å²) in [6.07, 6.45) is 6.91. The Morgan fingerprint density at radius 3 is 1.56 bits per heavy atom. The fraction of sp³-hybridized carbons (Fsp3) is 0.397. The smallest absolute Gasteiger partial charge is 0.297 e. The molecule has 0 fully saturated rings. The van der Waals surface area contributed by atoms with Gasteiger partial charge in [-0.05, 0) is 210 Å². The van der Waals surface area contributed by atoms with Gasteiger partial charge < -0.3 is 14.2 Å². The number of anilines is 6. The van der Waals surface area contributed by atoms with E-state index < -0.39 is 0 Å². The molecule has 0 unspecified atom stereocenters. The standard InChI is InChI=1S/C73H81BN2O/c1-44-22-28-50(45-20-18-17-19-21-45)51(36-44)46-37-61-64-62(38-46)76(48-25-23-47(24-26-48)67(2,3)4)65-52-40-55-58(73(15,16)35-32-70(55,9)10)43-63(52)77-66(65)74(64)59-41-56-57(72(13,14)34-33-71(56,11)12)42-60(59)75(61)49-27-29-53-54(39-49)69(7,8)31-30-68(53,5)6/h17-29,36-43H,30-35H2,1-16H3. The predicted molar refractivity (Wildman–Crippen MR) is 330 cm³/mol. The van der Waals surface area contributed by atoms with Gasteiger partial charge in [0.05, 0.1) is 11.3 Å². The Balaban J connectivity index is 1.21. The van der Waals surface area contributed by atoms with Crippen molar-refractivity contribution in [1.82, 2.24) is 0 Å². The zero-order valence-corrected chi connectivity index (χ0v) is 49.2. The Morgan fingerprint density at radius 1 is 0.442 bits per heavy atom. The van der Waals surface area contributed by atoms with Crippen LogP contribution in [0.4, 0.5) is 34.1 Å². The van der Waals surface area contributed by atoms with Gasteiger partial charge >= 0.3 is 0 Å². The molecule has 0 amide bonds. The maximum Gasteiger partial charge on any atom is 0.297 e. The van der Waals surface area contributed by atoms with Crippen molar-refractivity contribution in [3.63, 3.8) is 0 Å². The molecule has 2 aliphatic heterocycles. The second kappa shape index (κ2) is 16.4. The number of fused-ring (bicyclic) bond motifs is 9. The summed E-state index contributed by atoms with van der Waals surface area (Å²) >= 11 is 0. The fourth-order valence-electron chi connectivity index (χ4n) is 14.9. The van der Waals surface area contributed by atoms with Crippen molar-refractivity contribution in [2.24, 2.45) is 0 Å². The van der Waals surface area contributed by atoms with E-state index in [0.717, 1.165) is 49.0 Å². The maximum atomic E-state index is 7.80. The molecule has 0 saturated heterocycles. The molecular formula is C73H81BN2O. The highest BCUT2D eigenvalue weighted by molar-refractivity contribution is 7.00. The number of rotatable bonds is 4. The van der Waals surface area contributed by atoms with Crippen LogP contribution in [-0.2, 0) is 37.9 Å². The minimum absolute atomic E-state index is 0.000539. The van der Waals surface area contributed by atoms with Gasteiger partial charge in [-0.1, -0.05) is 182 Å². The van der Waals surface area contributed by atoms with Crippen molar-refractivity contribution < 1.29 is 4.42 Å². The quantitative estimate of drug-likeness (QED) is 0.164. The van der Waals surface area contributed by atoms with Crippen molar-refractivity contribution in [1.29, 1.82) is 0 Å². The molecule has 4 heteroatoms. The molecule has 0 spiro atoms. The van der Waals surface area contributed by atoms with Gasteiger partial charge in [-0.15, -0.1) is 0 Å². The molecule has 77 heavy (non-hydrogen) atoms. The van der Waals surface area contributed by atoms with Crippen LogP contribution in [0.1, 0.15) is 187 Å². The molecule has 3 heterocycles. The van der Waals surface area contributed by atoms with Crippen molar-refractivity contribution in [3.05, 3.63) is 172 Å². The Morgan fingerprint density at radius 2 is 0.961 bits per heavy atom. The Kier molecular flexibility index (Phi) is 10.7. The lowest BCUT2D eigenvalue weighted by atomic mass is 9.35. The molecule has 0 atom stereocenters. The number of benzene rings is 7. The zero-order valence-electron chi connectivity index (χ0n) is 49.2. The van der Waals surface area contributed by atoms with Gasteiger partial charge in [0.25, 0.3) is 6.71 Å². The SMILES string of the molecule is Cc1ccc(-c2ccccc2)c(-c2cc3c4c(c2)N(c2ccc(C(C)(C)C)cc2)c2c(oc5cc6c(cc25)C(C)(C)CCC6(C)C)B4c2cc4c(cc2N3c2ccc3c(c2)C(C)(C)CCC3(C)C)C(C)(C)CCC4(C)C)c1. The molecule has 8 aromatic rings. The van der Waals surface area contributed by atoms with E-state index >= 15 is 0 Å². The molecule has 0 saturated carbocycles. The fourth-order valence-corrected chi connectivity index (χ4v) is 14.9. The van der Waals surface area contributed by atoms with E-state index in [9.17, 15) is 0 Å². The Hall–Kier alpha value is -6.26. The summed E-state index contributed by atoms with van der Waals surface area (Å²) < 4.78 is 7.80. The molecule has 392 valence electrons. The first-order valence-electron chi connectivity index (χ1n) is 29.2. The topological polar surface area (TPSA) is 19.6 Å². The monoisotopic (exact) mass is 1010 g/mol. The Labute approximate surface area is 461 Å². The lowest BCUT2D eigenvalue weighted by Gasteiger charge is -2.47. The van der Waals surface area contributed by atoms with Crippen LogP contribution in [0.5, 0.6) is 0 Å². The first-order valence-corrected chi connectivity index (χ1v) is 29.2. The average Bonchev–Trinajstić information content (AvgIpc) is 3.93. The number of furan rings is 1. The number of hydrogen-bond donors (Lipinski definition) is 0. The number of aryl methyl sites for hydroxylation is 1. The molecule has 0 N–H and O–H groups in total. The summed E-state index contributed by atoms with van der Waals surface area (Å²) in [5.74, 6) is 0. The molecular weight excluding hydrogens is 932 g/mol. The lowest BCUT2D eigenvalue weighted by Crippen LogP contribution is -2.61. The van der Waals surface area contributed by atoms with E-state index in [4.69, 9.17) is 4.42 Å². The third-order valence-corrected chi connectivity index (χ3v) is 20.3. The van der Waals surface area contributed by atoms with Crippen LogP contribution < -0.4 is 26.4 Å². The largest absolute Gasteiger partial charge is 0.468 e. The van der Waals surface area contributed by atoms with Crippen molar-refractivity contribution >= 4 is 68.4 Å². The highest BCUT2D eigenvalue weighted by atomic mass is 16.3. The van der Waals surface area contributed by atoms with E-state index in [-0.39, 0.29) is 44.6 Å². The van der Waals surface area contributed by atoms with Crippen LogP contribution in [-0.4, -0.2) is 6.71 Å². The minimum atomic E-state index is -0.170. The molecule has 0 bridgehead atoms. The highest BCUT2D eigenvalue weighted by Gasteiger charge is 2.50. The molecule has 13 rings (SSSR count). The van der Waals surface area contributed by atoms with Crippen LogP contribution >= 0.6 is 0 Å².